The van der Waals surface area contributed by atoms with E-state index in [0.717, 1.165) is 25.2 Å². The van der Waals surface area contributed by atoms with Crippen molar-refractivity contribution in [2.75, 3.05) is 13.2 Å². The molecule has 1 aliphatic heterocycles. The normalized spacial score (nSPS) is 25.4. The molecule has 2 rings (SSSR count). The van der Waals surface area contributed by atoms with Crippen molar-refractivity contribution in [1.29, 1.82) is 0 Å². The SMILES string of the molecule is CCc1ccccc1OC1COCCC1N. The van der Waals surface area contributed by atoms with Crippen LogP contribution in [0.3, 0.4) is 0 Å². The van der Waals surface area contributed by atoms with Gasteiger partial charge < -0.3 is 15.2 Å². The zero-order valence-electron chi connectivity index (χ0n) is 9.69. The number of hydrogen-bond acceptors (Lipinski definition) is 3. The van der Waals surface area contributed by atoms with Gasteiger partial charge in [-0.1, -0.05) is 25.1 Å². The molecule has 3 nitrogen and oxygen atoms in total. The number of ether oxygens (including phenoxy) is 2. The number of nitrogens with two attached hydrogens (primary N) is 1. The first-order valence-corrected chi connectivity index (χ1v) is 5.89. The molecule has 1 saturated heterocycles. The Bertz CT molecular complexity index is 340. The molecule has 0 radical (unpaired) electrons. The zero-order valence-corrected chi connectivity index (χ0v) is 9.69. The lowest BCUT2D eigenvalue weighted by atomic mass is 10.1. The Labute approximate surface area is 96.5 Å². The van der Waals surface area contributed by atoms with Crippen molar-refractivity contribution in [3.63, 3.8) is 0 Å². The maximum Gasteiger partial charge on any atom is 0.137 e. The van der Waals surface area contributed by atoms with E-state index in [2.05, 4.69) is 13.0 Å². The molecule has 16 heavy (non-hydrogen) atoms. The minimum absolute atomic E-state index is 0.0125. The summed E-state index contributed by atoms with van der Waals surface area (Å²) in [4.78, 5) is 0. The van der Waals surface area contributed by atoms with Gasteiger partial charge in [0.25, 0.3) is 0 Å². The summed E-state index contributed by atoms with van der Waals surface area (Å²) in [6.45, 7) is 3.47. The van der Waals surface area contributed by atoms with Gasteiger partial charge in [0.15, 0.2) is 0 Å². The first-order valence-electron chi connectivity index (χ1n) is 5.89. The standard InChI is InChI=1S/C13H19NO2/c1-2-10-5-3-4-6-12(10)16-13-9-15-8-7-11(13)14/h3-6,11,13H,2,7-9,14H2,1H3. The van der Waals surface area contributed by atoms with Crippen LogP contribution < -0.4 is 10.5 Å². The van der Waals surface area contributed by atoms with Crippen LogP contribution in [0.1, 0.15) is 18.9 Å². The molecular formula is C13H19NO2. The van der Waals surface area contributed by atoms with Crippen LogP contribution in [0, 0.1) is 0 Å². The van der Waals surface area contributed by atoms with Crippen LogP contribution in [-0.2, 0) is 11.2 Å². The third-order valence-corrected chi connectivity index (χ3v) is 2.99. The van der Waals surface area contributed by atoms with E-state index in [4.69, 9.17) is 15.2 Å². The second-order valence-electron chi connectivity index (χ2n) is 4.15. The lowest BCUT2D eigenvalue weighted by molar-refractivity contribution is -0.00566. The van der Waals surface area contributed by atoms with Gasteiger partial charge in [-0.3, -0.25) is 0 Å². The summed E-state index contributed by atoms with van der Waals surface area (Å²) in [5, 5.41) is 0. The smallest absolute Gasteiger partial charge is 0.137 e. The molecule has 0 amide bonds. The summed E-state index contributed by atoms with van der Waals surface area (Å²) in [5.41, 5.74) is 7.24. The number of rotatable bonds is 3. The molecule has 1 aromatic carbocycles. The van der Waals surface area contributed by atoms with Gasteiger partial charge in [-0.25, -0.2) is 0 Å². The predicted molar refractivity (Wildman–Crippen MR) is 63.6 cm³/mol. The van der Waals surface area contributed by atoms with Crippen LogP contribution in [0.2, 0.25) is 0 Å². The van der Waals surface area contributed by atoms with E-state index in [1.54, 1.807) is 0 Å². The second-order valence-corrected chi connectivity index (χ2v) is 4.15. The molecule has 1 aliphatic rings. The maximum atomic E-state index is 6.01. The van der Waals surface area contributed by atoms with Gasteiger partial charge in [0.05, 0.1) is 6.61 Å². The summed E-state index contributed by atoms with van der Waals surface area (Å²) in [5.74, 6) is 0.941. The van der Waals surface area contributed by atoms with Crippen LogP contribution in [0.15, 0.2) is 24.3 Å². The monoisotopic (exact) mass is 221 g/mol. The fourth-order valence-electron chi connectivity index (χ4n) is 1.92. The van der Waals surface area contributed by atoms with Crippen molar-refractivity contribution in [1.82, 2.24) is 0 Å². The molecule has 1 fully saturated rings. The highest BCUT2D eigenvalue weighted by atomic mass is 16.5. The minimum atomic E-state index is -0.0125. The van der Waals surface area contributed by atoms with E-state index in [-0.39, 0.29) is 12.1 Å². The van der Waals surface area contributed by atoms with Gasteiger partial charge >= 0.3 is 0 Å². The molecule has 0 aromatic heterocycles. The average Bonchev–Trinajstić information content (AvgIpc) is 2.33. The van der Waals surface area contributed by atoms with Gasteiger partial charge in [-0.2, -0.15) is 0 Å². The van der Waals surface area contributed by atoms with Crippen molar-refractivity contribution < 1.29 is 9.47 Å². The topological polar surface area (TPSA) is 44.5 Å². The largest absolute Gasteiger partial charge is 0.486 e. The van der Waals surface area contributed by atoms with Crippen molar-refractivity contribution in [2.45, 2.75) is 31.9 Å². The molecule has 2 N–H and O–H groups in total. The van der Waals surface area contributed by atoms with E-state index in [9.17, 15) is 0 Å². The van der Waals surface area contributed by atoms with Gasteiger partial charge in [0.2, 0.25) is 0 Å². The summed E-state index contributed by atoms with van der Waals surface area (Å²) < 4.78 is 11.3. The first kappa shape index (κ1) is 11.4. The first-order chi connectivity index (χ1) is 7.81. The summed E-state index contributed by atoms with van der Waals surface area (Å²) in [6, 6.07) is 8.19. The quantitative estimate of drug-likeness (QED) is 0.845. The fraction of sp³-hybridized carbons (Fsp3) is 0.538. The van der Waals surface area contributed by atoms with E-state index >= 15 is 0 Å². The van der Waals surface area contributed by atoms with Crippen LogP contribution in [0.25, 0.3) is 0 Å². The lowest BCUT2D eigenvalue weighted by Crippen LogP contribution is -2.46. The minimum Gasteiger partial charge on any atom is -0.486 e. The molecule has 0 bridgehead atoms. The third-order valence-electron chi connectivity index (χ3n) is 2.99. The summed E-state index contributed by atoms with van der Waals surface area (Å²) in [7, 11) is 0. The second kappa shape index (κ2) is 5.32. The number of hydrogen-bond donors (Lipinski definition) is 1. The summed E-state index contributed by atoms with van der Waals surface area (Å²) in [6.07, 6.45) is 1.83. The molecule has 0 aliphatic carbocycles. The van der Waals surface area contributed by atoms with Crippen molar-refractivity contribution in [3.05, 3.63) is 29.8 Å². The Balaban J connectivity index is 2.07. The van der Waals surface area contributed by atoms with Crippen molar-refractivity contribution >= 4 is 0 Å². The Morgan fingerprint density at radius 2 is 2.25 bits per heavy atom. The van der Waals surface area contributed by atoms with Gasteiger partial charge in [-0.05, 0) is 24.5 Å². The molecule has 3 heteroatoms. The Kier molecular flexibility index (Phi) is 3.80. The number of para-hydroxylation sites is 1. The Morgan fingerprint density at radius 3 is 3.00 bits per heavy atom. The molecule has 0 saturated carbocycles. The fourth-order valence-corrected chi connectivity index (χ4v) is 1.92. The van der Waals surface area contributed by atoms with Gasteiger partial charge in [0.1, 0.15) is 11.9 Å². The van der Waals surface area contributed by atoms with Crippen LogP contribution in [-0.4, -0.2) is 25.4 Å². The molecule has 2 atom stereocenters. The number of aryl methyl sites for hydroxylation is 1. The Morgan fingerprint density at radius 1 is 1.44 bits per heavy atom. The van der Waals surface area contributed by atoms with E-state index in [1.165, 1.54) is 5.56 Å². The maximum absolute atomic E-state index is 6.01. The molecular weight excluding hydrogens is 202 g/mol. The zero-order chi connectivity index (χ0) is 11.4. The highest BCUT2D eigenvalue weighted by Crippen LogP contribution is 2.22. The highest BCUT2D eigenvalue weighted by molar-refractivity contribution is 5.33. The van der Waals surface area contributed by atoms with Gasteiger partial charge in [-0.15, -0.1) is 0 Å². The molecule has 2 unspecified atom stereocenters. The average molecular weight is 221 g/mol. The summed E-state index contributed by atoms with van der Waals surface area (Å²) >= 11 is 0. The molecule has 1 heterocycles. The predicted octanol–water partition coefficient (Wildman–Crippen LogP) is 1.74. The van der Waals surface area contributed by atoms with Crippen LogP contribution in [0.4, 0.5) is 0 Å². The van der Waals surface area contributed by atoms with E-state index in [0.29, 0.717) is 6.61 Å². The van der Waals surface area contributed by atoms with Crippen LogP contribution in [0.5, 0.6) is 5.75 Å². The molecule has 0 spiro atoms. The number of benzene rings is 1. The molecule has 1 aromatic rings. The van der Waals surface area contributed by atoms with Crippen LogP contribution >= 0.6 is 0 Å². The van der Waals surface area contributed by atoms with E-state index in [1.807, 2.05) is 18.2 Å². The van der Waals surface area contributed by atoms with Gasteiger partial charge in [0, 0.05) is 12.6 Å². The molecule has 88 valence electrons. The Hall–Kier alpha value is -1.06. The van der Waals surface area contributed by atoms with Crippen molar-refractivity contribution in [2.24, 2.45) is 5.73 Å². The highest BCUT2D eigenvalue weighted by Gasteiger charge is 2.24. The third kappa shape index (κ3) is 2.54. The van der Waals surface area contributed by atoms with Crippen molar-refractivity contribution in [3.8, 4) is 5.75 Å². The van der Waals surface area contributed by atoms with E-state index < -0.39 is 0 Å². The lowest BCUT2D eigenvalue weighted by Gasteiger charge is -2.29.